The summed E-state index contributed by atoms with van der Waals surface area (Å²) in [6, 6.07) is 7.07. The number of nitrogens with zero attached hydrogens (tertiary/aromatic N) is 2. The molecule has 1 atom stereocenters. The van der Waals surface area contributed by atoms with Gasteiger partial charge in [0.1, 0.15) is 5.69 Å². The van der Waals surface area contributed by atoms with E-state index in [1.807, 2.05) is 6.92 Å². The minimum absolute atomic E-state index is 0.254. The minimum atomic E-state index is -0.927. The van der Waals surface area contributed by atoms with Crippen LogP contribution in [0.2, 0.25) is 5.02 Å². The molecule has 0 aliphatic carbocycles. The van der Waals surface area contributed by atoms with Gasteiger partial charge in [-0.3, -0.25) is 4.79 Å². The summed E-state index contributed by atoms with van der Waals surface area (Å²) >= 11 is 6.21. The quantitative estimate of drug-likeness (QED) is 0.910. The highest BCUT2D eigenvalue weighted by Crippen LogP contribution is 2.28. The third kappa shape index (κ3) is 2.84. The summed E-state index contributed by atoms with van der Waals surface area (Å²) in [6.07, 6.45) is 3.95. The normalized spacial score (nSPS) is 13.8. The van der Waals surface area contributed by atoms with E-state index in [9.17, 15) is 4.79 Å². The maximum atomic E-state index is 12.2. The molecule has 20 heavy (non-hydrogen) atoms. The molecular weight excluding hydrogens is 276 g/mol. The van der Waals surface area contributed by atoms with E-state index in [0.29, 0.717) is 22.8 Å². The monoisotopic (exact) mass is 292 g/mol. The van der Waals surface area contributed by atoms with Crippen LogP contribution in [0.25, 0.3) is 5.69 Å². The molecule has 6 heteroatoms. The lowest BCUT2D eigenvalue weighted by Crippen LogP contribution is -2.47. The van der Waals surface area contributed by atoms with Crippen LogP contribution in [0.1, 0.15) is 20.3 Å². The fourth-order valence-corrected chi connectivity index (χ4v) is 1.94. The first kappa shape index (κ1) is 14.6. The molecule has 0 bridgehead atoms. The number of carbonyl (C=O) groups excluding carboxylic acids is 1. The molecule has 1 amide bonds. The average Bonchev–Trinajstić information content (AvgIpc) is 2.92. The molecule has 1 aromatic carbocycles. The molecule has 0 saturated heterocycles. The molecule has 0 saturated carbocycles. The van der Waals surface area contributed by atoms with Crippen LogP contribution >= 0.6 is 11.6 Å². The van der Waals surface area contributed by atoms with Gasteiger partial charge in [0.2, 0.25) is 5.91 Å². The van der Waals surface area contributed by atoms with Gasteiger partial charge < -0.3 is 11.1 Å². The SMILES string of the molecule is CCC(C)(N)C(=O)Nc1cccc(Cl)c1-n1cccn1. The van der Waals surface area contributed by atoms with E-state index in [2.05, 4.69) is 10.4 Å². The first-order valence-electron chi connectivity index (χ1n) is 6.34. The van der Waals surface area contributed by atoms with Gasteiger partial charge in [-0.1, -0.05) is 24.6 Å². The standard InChI is InChI=1S/C14H17ClN4O/c1-3-14(2,16)13(20)18-11-7-4-6-10(15)12(11)19-9-5-8-17-19/h4-9H,3,16H2,1-2H3,(H,18,20). The zero-order chi connectivity index (χ0) is 14.8. The van der Waals surface area contributed by atoms with E-state index >= 15 is 0 Å². The lowest BCUT2D eigenvalue weighted by Gasteiger charge is -2.22. The number of anilines is 1. The Morgan fingerprint density at radius 3 is 2.85 bits per heavy atom. The van der Waals surface area contributed by atoms with Gasteiger partial charge in [-0.05, 0) is 31.5 Å². The molecule has 5 nitrogen and oxygen atoms in total. The van der Waals surface area contributed by atoms with Crippen LogP contribution in [0.3, 0.4) is 0 Å². The van der Waals surface area contributed by atoms with Gasteiger partial charge in [-0.15, -0.1) is 0 Å². The molecule has 0 radical (unpaired) electrons. The van der Waals surface area contributed by atoms with E-state index < -0.39 is 5.54 Å². The highest BCUT2D eigenvalue weighted by molar-refractivity contribution is 6.33. The van der Waals surface area contributed by atoms with Crippen molar-refractivity contribution in [2.75, 3.05) is 5.32 Å². The summed E-state index contributed by atoms with van der Waals surface area (Å²) in [5.74, 6) is -0.254. The second-order valence-electron chi connectivity index (χ2n) is 4.81. The van der Waals surface area contributed by atoms with Gasteiger partial charge in [0.25, 0.3) is 0 Å². The van der Waals surface area contributed by atoms with E-state index in [1.165, 1.54) is 0 Å². The summed E-state index contributed by atoms with van der Waals surface area (Å²) in [4.78, 5) is 12.2. The lowest BCUT2D eigenvalue weighted by atomic mass is 9.99. The summed E-state index contributed by atoms with van der Waals surface area (Å²) < 4.78 is 1.61. The number of nitrogens with two attached hydrogens (primary N) is 1. The van der Waals surface area contributed by atoms with E-state index in [0.717, 1.165) is 0 Å². The van der Waals surface area contributed by atoms with Gasteiger partial charge in [-0.2, -0.15) is 5.10 Å². The van der Waals surface area contributed by atoms with Crippen LogP contribution in [0.15, 0.2) is 36.7 Å². The molecule has 2 aromatic rings. The average molecular weight is 293 g/mol. The molecule has 1 aromatic heterocycles. The Morgan fingerprint density at radius 1 is 1.50 bits per heavy atom. The van der Waals surface area contributed by atoms with Crippen LogP contribution in [-0.2, 0) is 4.79 Å². The zero-order valence-electron chi connectivity index (χ0n) is 11.4. The second-order valence-corrected chi connectivity index (χ2v) is 5.22. The van der Waals surface area contributed by atoms with Gasteiger partial charge in [0.15, 0.2) is 0 Å². The number of para-hydroxylation sites is 1. The molecule has 3 N–H and O–H groups in total. The number of carbonyl (C=O) groups is 1. The topological polar surface area (TPSA) is 72.9 Å². The van der Waals surface area contributed by atoms with Gasteiger partial charge in [0, 0.05) is 12.4 Å². The third-order valence-corrected chi connectivity index (χ3v) is 3.53. The highest BCUT2D eigenvalue weighted by atomic mass is 35.5. The maximum absolute atomic E-state index is 12.2. The molecule has 106 valence electrons. The molecule has 1 unspecified atom stereocenters. The number of rotatable bonds is 4. The molecule has 1 heterocycles. The van der Waals surface area contributed by atoms with Gasteiger partial charge in [-0.25, -0.2) is 4.68 Å². The third-order valence-electron chi connectivity index (χ3n) is 3.22. The number of halogens is 1. The largest absolute Gasteiger partial charge is 0.323 e. The summed E-state index contributed by atoms with van der Waals surface area (Å²) in [7, 11) is 0. The lowest BCUT2D eigenvalue weighted by molar-refractivity contribution is -0.120. The van der Waals surface area contributed by atoms with E-state index in [-0.39, 0.29) is 5.91 Å². The maximum Gasteiger partial charge on any atom is 0.244 e. The van der Waals surface area contributed by atoms with Crippen molar-refractivity contribution in [1.82, 2.24) is 9.78 Å². The molecule has 0 fully saturated rings. The number of benzene rings is 1. The highest BCUT2D eigenvalue weighted by Gasteiger charge is 2.27. The van der Waals surface area contributed by atoms with Crippen LogP contribution in [0.5, 0.6) is 0 Å². The zero-order valence-corrected chi connectivity index (χ0v) is 12.2. The Morgan fingerprint density at radius 2 is 2.25 bits per heavy atom. The smallest absolute Gasteiger partial charge is 0.244 e. The summed E-state index contributed by atoms with van der Waals surface area (Å²) in [6.45, 7) is 3.56. The Bertz CT molecular complexity index is 608. The fourth-order valence-electron chi connectivity index (χ4n) is 1.68. The van der Waals surface area contributed by atoms with Gasteiger partial charge in [0.05, 0.1) is 16.2 Å². The van der Waals surface area contributed by atoms with Crippen molar-refractivity contribution in [3.63, 3.8) is 0 Å². The van der Waals surface area contributed by atoms with Crippen molar-refractivity contribution >= 4 is 23.2 Å². The molecule has 0 aliphatic heterocycles. The molecular formula is C14H17ClN4O. The summed E-state index contributed by atoms with van der Waals surface area (Å²) in [5, 5.41) is 7.47. The Balaban J connectivity index is 2.39. The molecule has 0 aliphatic rings. The number of hydrogen-bond donors (Lipinski definition) is 2. The van der Waals surface area contributed by atoms with Crippen molar-refractivity contribution in [2.45, 2.75) is 25.8 Å². The van der Waals surface area contributed by atoms with Crippen molar-refractivity contribution in [1.29, 1.82) is 0 Å². The van der Waals surface area contributed by atoms with E-state index in [4.69, 9.17) is 17.3 Å². The summed E-state index contributed by atoms with van der Waals surface area (Å²) in [5.41, 5.74) is 6.22. The van der Waals surface area contributed by atoms with Crippen LogP contribution in [-0.4, -0.2) is 21.2 Å². The van der Waals surface area contributed by atoms with Crippen LogP contribution in [0.4, 0.5) is 5.69 Å². The Labute approximate surface area is 122 Å². The first-order valence-corrected chi connectivity index (χ1v) is 6.72. The number of nitrogens with one attached hydrogen (secondary N) is 1. The number of hydrogen-bond acceptors (Lipinski definition) is 3. The van der Waals surface area contributed by atoms with Crippen LogP contribution < -0.4 is 11.1 Å². The first-order chi connectivity index (χ1) is 9.45. The Hall–Kier alpha value is -1.85. The van der Waals surface area contributed by atoms with Crippen molar-refractivity contribution in [2.24, 2.45) is 5.73 Å². The van der Waals surface area contributed by atoms with Crippen molar-refractivity contribution in [3.8, 4) is 5.69 Å². The Kier molecular flexibility index (Phi) is 4.11. The minimum Gasteiger partial charge on any atom is -0.323 e. The number of amides is 1. The van der Waals surface area contributed by atoms with Crippen molar-refractivity contribution < 1.29 is 4.79 Å². The van der Waals surface area contributed by atoms with E-state index in [1.54, 1.807) is 48.3 Å². The van der Waals surface area contributed by atoms with Crippen molar-refractivity contribution in [3.05, 3.63) is 41.7 Å². The molecule has 2 rings (SSSR count). The van der Waals surface area contributed by atoms with Crippen LogP contribution in [0, 0.1) is 0 Å². The van der Waals surface area contributed by atoms with Gasteiger partial charge >= 0.3 is 0 Å². The fraction of sp³-hybridized carbons (Fsp3) is 0.286. The predicted octanol–water partition coefficient (Wildman–Crippen LogP) is 2.59. The predicted molar refractivity (Wildman–Crippen MR) is 80.1 cm³/mol. The second kappa shape index (κ2) is 5.64. The molecule has 0 spiro atoms. The number of aromatic nitrogens is 2.